The van der Waals surface area contributed by atoms with E-state index in [0.717, 1.165) is 5.39 Å². The van der Waals surface area contributed by atoms with Crippen LogP contribution in [-0.4, -0.2) is 34.7 Å². The largest absolute Gasteiger partial charge is 0.495 e. The predicted molar refractivity (Wildman–Crippen MR) is 130 cm³/mol. The van der Waals surface area contributed by atoms with Crippen LogP contribution >= 0.6 is 11.6 Å². The summed E-state index contributed by atoms with van der Waals surface area (Å²) >= 11 is 6.06. The van der Waals surface area contributed by atoms with Gasteiger partial charge in [-0.2, -0.15) is 0 Å². The molecule has 176 valence electrons. The molecule has 4 rings (SSSR count). The van der Waals surface area contributed by atoms with Gasteiger partial charge in [0.2, 0.25) is 0 Å². The van der Waals surface area contributed by atoms with E-state index >= 15 is 0 Å². The minimum absolute atomic E-state index is 0.0197. The van der Waals surface area contributed by atoms with Crippen molar-refractivity contribution in [3.8, 4) is 28.7 Å². The second-order valence-electron chi connectivity index (χ2n) is 7.06. The normalized spacial score (nSPS) is 11.2. The number of aromatic nitrogens is 1. The summed E-state index contributed by atoms with van der Waals surface area (Å²) in [5.41, 5.74) is 1.04. The molecule has 0 bridgehead atoms. The molecule has 0 spiro atoms. The summed E-state index contributed by atoms with van der Waals surface area (Å²) in [6.07, 6.45) is 1.63. The van der Waals surface area contributed by atoms with Crippen LogP contribution in [0.5, 0.6) is 28.7 Å². The average molecular weight is 501 g/mol. The van der Waals surface area contributed by atoms with Crippen LogP contribution in [0.4, 0.5) is 5.69 Å². The fourth-order valence-electron chi connectivity index (χ4n) is 3.28. The highest BCUT2D eigenvalue weighted by Crippen LogP contribution is 2.37. The second-order valence-corrected chi connectivity index (χ2v) is 9.15. The van der Waals surface area contributed by atoms with Crippen LogP contribution in [0.3, 0.4) is 0 Å². The summed E-state index contributed by atoms with van der Waals surface area (Å²) in [7, 11) is 0.732. The molecule has 1 aromatic heterocycles. The third-order valence-electron chi connectivity index (χ3n) is 4.97. The van der Waals surface area contributed by atoms with Gasteiger partial charge in [0.05, 0.1) is 36.8 Å². The minimum atomic E-state index is -3.84. The van der Waals surface area contributed by atoms with Gasteiger partial charge in [-0.05, 0) is 54.6 Å². The number of hydrogen-bond acceptors (Lipinski definition) is 7. The smallest absolute Gasteiger partial charge is 0.261 e. The van der Waals surface area contributed by atoms with E-state index in [4.69, 9.17) is 30.5 Å². The molecule has 10 heteroatoms. The minimum Gasteiger partial charge on any atom is -0.495 e. The molecule has 0 amide bonds. The first-order valence-corrected chi connectivity index (χ1v) is 11.9. The fourth-order valence-corrected chi connectivity index (χ4v) is 4.69. The van der Waals surface area contributed by atoms with E-state index in [1.807, 2.05) is 0 Å². The van der Waals surface area contributed by atoms with Crippen molar-refractivity contribution >= 4 is 38.2 Å². The second kappa shape index (κ2) is 9.66. The van der Waals surface area contributed by atoms with Gasteiger partial charge in [0, 0.05) is 23.3 Å². The lowest BCUT2D eigenvalue weighted by molar-refractivity contribution is 0.355. The van der Waals surface area contributed by atoms with Crippen molar-refractivity contribution in [2.75, 3.05) is 26.1 Å². The summed E-state index contributed by atoms with van der Waals surface area (Å²) in [4.78, 5) is 4.38. The highest BCUT2D eigenvalue weighted by molar-refractivity contribution is 7.92. The van der Waals surface area contributed by atoms with Crippen LogP contribution in [0.15, 0.2) is 71.8 Å². The molecule has 34 heavy (non-hydrogen) atoms. The standard InChI is InChI=1S/C24H21ClN2O6S/c1-30-22-9-8-17(12-19(22)25)34(28,29)27-15-4-6-16(7-5-15)33-21-10-11-26-20-14-24(32-3)23(31-2)13-18(20)21/h4-14,27H,1-3H3. The van der Waals surface area contributed by atoms with E-state index in [0.29, 0.717) is 40.0 Å². The van der Waals surface area contributed by atoms with Crippen LogP contribution in [0.25, 0.3) is 10.9 Å². The summed E-state index contributed by atoms with van der Waals surface area (Å²) in [5.74, 6) is 2.58. The van der Waals surface area contributed by atoms with Gasteiger partial charge in [0.15, 0.2) is 11.5 Å². The lowest BCUT2D eigenvalue weighted by atomic mass is 10.2. The Labute approximate surface area is 202 Å². The molecule has 1 heterocycles. The van der Waals surface area contributed by atoms with E-state index < -0.39 is 10.0 Å². The van der Waals surface area contributed by atoms with Crippen LogP contribution < -0.4 is 23.7 Å². The number of benzene rings is 3. The van der Waals surface area contributed by atoms with Gasteiger partial charge in [0.25, 0.3) is 10.0 Å². The quantitative estimate of drug-likeness (QED) is 0.341. The topological polar surface area (TPSA) is 96.0 Å². The first-order valence-electron chi connectivity index (χ1n) is 9.99. The van der Waals surface area contributed by atoms with Crippen molar-refractivity contribution in [2.24, 2.45) is 0 Å². The summed E-state index contributed by atoms with van der Waals surface area (Å²) in [6, 6.07) is 16.1. The van der Waals surface area contributed by atoms with E-state index in [9.17, 15) is 8.42 Å². The number of halogens is 1. The Morgan fingerprint density at radius 2 is 1.47 bits per heavy atom. The van der Waals surface area contributed by atoms with Crippen molar-refractivity contribution in [3.63, 3.8) is 0 Å². The number of hydrogen-bond donors (Lipinski definition) is 1. The third kappa shape index (κ3) is 4.80. The average Bonchev–Trinajstić information content (AvgIpc) is 2.84. The van der Waals surface area contributed by atoms with Crippen LogP contribution in [0.1, 0.15) is 0 Å². The molecule has 0 saturated carbocycles. The van der Waals surface area contributed by atoms with Gasteiger partial charge in [-0.3, -0.25) is 9.71 Å². The molecule has 3 aromatic carbocycles. The monoisotopic (exact) mass is 500 g/mol. The molecular weight excluding hydrogens is 480 g/mol. The number of nitrogens with zero attached hydrogens (tertiary/aromatic N) is 1. The Morgan fingerprint density at radius 3 is 2.12 bits per heavy atom. The number of rotatable bonds is 8. The molecule has 1 N–H and O–H groups in total. The van der Waals surface area contributed by atoms with Crippen LogP contribution in [-0.2, 0) is 10.0 Å². The van der Waals surface area contributed by atoms with E-state index in [-0.39, 0.29) is 9.92 Å². The van der Waals surface area contributed by atoms with Crippen molar-refractivity contribution in [1.29, 1.82) is 0 Å². The molecular formula is C24H21ClN2O6S. The van der Waals surface area contributed by atoms with Gasteiger partial charge in [-0.25, -0.2) is 8.42 Å². The Kier molecular flexibility index (Phi) is 6.67. The Hall–Kier alpha value is -3.69. The van der Waals surface area contributed by atoms with E-state index in [2.05, 4.69) is 9.71 Å². The summed E-state index contributed by atoms with van der Waals surface area (Å²) in [6.45, 7) is 0. The van der Waals surface area contributed by atoms with E-state index in [1.165, 1.54) is 25.3 Å². The Bertz CT molecular complexity index is 1440. The summed E-state index contributed by atoms with van der Waals surface area (Å²) in [5, 5.41) is 0.939. The maximum absolute atomic E-state index is 12.7. The zero-order valence-corrected chi connectivity index (χ0v) is 20.1. The van der Waals surface area contributed by atoms with Gasteiger partial charge >= 0.3 is 0 Å². The number of methoxy groups -OCH3 is 3. The summed E-state index contributed by atoms with van der Waals surface area (Å²) < 4.78 is 49.8. The molecule has 0 saturated heterocycles. The molecule has 4 aromatic rings. The van der Waals surface area contributed by atoms with Gasteiger partial charge in [-0.1, -0.05) is 11.6 Å². The lowest BCUT2D eigenvalue weighted by Gasteiger charge is -2.13. The number of anilines is 1. The van der Waals surface area contributed by atoms with E-state index in [1.54, 1.807) is 62.9 Å². The van der Waals surface area contributed by atoms with Crippen molar-refractivity contribution < 1.29 is 27.4 Å². The molecule has 0 aliphatic heterocycles. The number of ether oxygens (including phenoxy) is 4. The zero-order chi connectivity index (χ0) is 24.3. The first kappa shape index (κ1) is 23.5. The molecule has 0 atom stereocenters. The highest BCUT2D eigenvalue weighted by atomic mass is 35.5. The maximum Gasteiger partial charge on any atom is 0.261 e. The number of nitrogens with one attached hydrogen (secondary N) is 1. The van der Waals surface area contributed by atoms with Crippen molar-refractivity contribution in [2.45, 2.75) is 4.90 Å². The third-order valence-corrected chi connectivity index (χ3v) is 6.65. The van der Waals surface area contributed by atoms with Crippen LogP contribution in [0.2, 0.25) is 5.02 Å². The van der Waals surface area contributed by atoms with Gasteiger partial charge in [-0.15, -0.1) is 0 Å². The Morgan fingerprint density at radius 1 is 0.794 bits per heavy atom. The SMILES string of the molecule is COc1ccc(S(=O)(=O)Nc2ccc(Oc3ccnc4cc(OC)c(OC)cc34)cc2)cc1Cl. The highest BCUT2D eigenvalue weighted by Gasteiger charge is 2.17. The van der Waals surface area contributed by atoms with Crippen molar-refractivity contribution in [3.05, 3.63) is 71.9 Å². The number of fused-ring (bicyclic) bond motifs is 1. The predicted octanol–water partition coefficient (Wildman–Crippen LogP) is 5.51. The maximum atomic E-state index is 12.7. The molecule has 0 aliphatic carbocycles. The van der Waals surface area contributed by atoms with Gasteiger partial charge < -0.3 is 18.9 Å². The van der Waals surface area contributed by atoms with Crippen LogP contribution in [0, 0.1) is 0 Å². The fraction of sp³-hybridized carbons (Fsp3) is 0.125. The molecule has 0 fully saturated rings. The molecule has 0 unspecified atom stereocenters. The molecule has 0 aliphatic rings. The molecule has 0 radical (unpaired) electrons. The van der Waals surface area contributed by atoms with Gasteiger partial charge in [0.1, 0.15) is 17.2 Å². The lowest BCUT2D eigenvalue weighted by Crippen LogP contribution is -2.12. The molecule has 8 nitrogen and oxygen atoms in total. The number of sulfonamides is 1. The van der Waals surface area contributed by atoms with Crippen molar-refractivity contribution in [1.82, 2.24) is 4.98 Å². The first-order chi connectivity index (χ1) is 16.3. The Balaban J connectivity index is 1.55. The number of pyridine rings is 1. The zero-order valence-electron chi connectivity index (χ0n) is 18.5.